The van der Waals surface area contributed by atoms with E-state index in [1.54, 1.807) is 0 Å². The Bertz CT molecular complexity index is 1390. The molecule has 5 rings (SSSR count). The second-order valence-electron chi connectivity index (χ2n) is 6.93. The molecule has 10 heteroatoms. The van der Waals surface area contributed by atoms with Crippen molar-refractivity contribution in [1.82, 2.24) is 14.5 Å². The Morgan fingerprint density at radius 1 is 1.03 bits per heavy atom. The third-order valence-electron chi connectivity index (χ3n) is 4.92. The lowest BCUT2D eigenvalue weighted by Crippen LogP contribution is -2.17. The molecular weight excluding hydrogens is 439 g/mol. The number of benzene rings is 2. The fraction of sp³-hybridized carbons (Fsp3) is 0.0952. The van der Waals surface area contributed by atoms with Crippen LogP contribution in [0.5, 0.6) is 0 Å². The maximum Gasteiger partial charge on any atom is 0.276 e. The summed E-state index contributed by atoms with van der Waals surface area (Å²) in [7, 11) is -3.58. The van der Waals surface area contributed by atoms with Crippen molar-refractivity contribution in [3.8, 4) is 22.5 Å². The van der Waals surface area contributed by atoms with Gasteiger partial charge >= 0.3 is 0 Å². The summed E-state index contributed by atoms with van der Waals surface area (Å²) in [4.78, 5) is 21.9. The highest BCUT2D eigenvalue weighted by molar-refractivity contribution is 7.91. The number of sulfone groups is 1. The van der Waals surface area contributed by atoms with Crippen molar-refractivity contribution in [3.63, 3.8) is 0 Å². The van der Waals surface area contributed by atoms with Gasteiger partial charge in [-0.05, 0) is 24.3 Å². The summed E-state index contributed by atoms with van der Waals surface area (Å²) < 4.78 is 39.5. The molecule has 31 heavy (non-hydrogen) atoms. The van der Waals surface area contributed by atoms with E-state index in [0.717, 1.165) is 11.3 Å². The highest BCUT2D eigenvalue weighted by Crippen LogP contribution is 2.32. The van der Waals surface area contributed by atoms with Gasteiger partial charge in [-0.3, -0.25) is 10.1 Å². The average Bonchev–Trinajstić information content (AvgIpc) is 3.45. The first-order chi connectivity index (χ1) is 14.9. The van der Waals surface area contributed by atoms with Crippen molar-refractivity contribution in [2.24, 2.45) is 0 Å². The molecule has 0 unspecified atom stereocenters. The number of imidazole rings is 1. The molecule has 0 fully saturated rings. The van der Waals surface area contributed by atoms with Crippen LogP contribution in [0.1, 0.15) is 10.5 Å². The number of aromatic nitrogens is 3. The number of hydrogen-bond donors (Lipinski definition) is 1. The number of nitrogens with one attached hydrogen (secondary N) is 1. The summed E-state index contributed by atoms with van der Waals surface area (Å²) in [6.45, 7) is 0.127. The van der Waals surface area contributed by atoms with Gasteiger partial charge in [-0.15, -0.1) is 11.3 Å². The van der Waals surface area contributed by atoms with Gasteiger partial charge in [-0.2, -0.15) is 0 Å². The van der Waals surface area contributed by atoms with Crippen molar-refractivity contribution in [2.45, 2.75) is 11.7 Å². The van der Waals surface area contributed by atoms with Crippen LogP contribution >= 0.6 is 11.3 Å². The Kier molecular flexibility index (Phi) is 4.67. The van der Waals surface area contributed by atoms with Crippen molar-refractivity contribution in [3.05, 3.63) is 71.5 Å². The molecule has 1 amide bonds. The number of amides is 1. The number of anilines is 1. The Labute approximate surface area is 181 Å². The molecule has 7 nitrogen and oxygen atoms in total. The average molecular weight is 455 g/mol. The molecule has 1 aliphatic heterocycles. The zero-order chi connectivity index (χ0) is 21.6. The first kappa shape index (κ1) is 19.6. The predicted octanol–water partition coefficient (Wildman–Crippen LogP) is 3.85. The van der Waals surface area contributed by atoms with Crippen LogP contribution in [0, 0.1) is 5.82 Å². The molecule has 1 N–H and O–H groups in total. The van der Waals surface area contributed by atoms with Gasteiger partial charge in [0.1, 0.15) is 17.2 Å². The van der Waals surface area contributed by atoms with Gasteiger partial charge in [0.15, 0.2) is 5.13 Å². The number of carbonyl (C=O) groups is 1. The lowest BCUT2D eigenvalue weighted by Gasteiger charge is -2.07. The van der Waals surface area contributed by atoms with Crippen LogP contribution in [0.2, 0.25) is 0 Å². The number of rotatable bonds is 4. The Morgan fingerprint density at radius 2 is 1.77 bits per heavy atom. The van der Waals surface area contributed by atoms with Gasteiger partial charge in [0, 0.05) is 23.1 Å². The lowest BCUT2D eigenvalue weighted by atomic mass is 10.1. The molecule has 3 heterocycles. The summed E-state index contributed by atoms with van der Waals surface area (Å²) in [6, 6.07) is 15.0. The van der Waals surface area contributed by atoms with Crippen LogP contribution in [0.25, 0.3) is 22.5 Å². The largest absolute Gasteiger partial charge is 0.309 e. The van der Waals surface area contributed by atoms with E-state index in [0.29, 0.717) is 10.7 Å². The molecule has 0 saturated carbocycles. The number of halogens is 1. The first-order valence-electron chi connectivity index (χ1n) is 9.34. The summed E-state index contributed by atoms with van der Waals surface area (Å²) in [5, 5.41) is 4.81. The van der Waals surface area contributed by atoms with Crippen molar-refractivity contribution in [1.29, 1.82) is 0 Å². The molecule has 156 valence electrons. The molecule has 0 bridgehead atoms. The molecule has 0 aliphatic carbocycles. The minimum atomic E-state index is -3.58. The summed E-state index contributed by atoms with van der Waals surface area (Å²) in [5.74, 6) is -1.08. The highest BCUT2D eigenvalue weighted by Gasteiger charge is 2.35. The molecule has 2 aromatic heterocycles. The van der Waals surface area contributed by atoms with Gasteiger partial charge in [-0.1, -0.05) is 30.3 Å². The van der Waals surface area contributed by atoms with Gasteiger partial charge in [0.2, 0.25) is 15.0 Å². The van der Waals surface area contributed by atoms with Crippen molar-refractivity contribution >= 4 is 32.2 Å². The lowest BCUT2D eigenvalue weighted by molar-refractivity contribution is 0.101. The summed E-state index contributed by atoms with van der Waals surface area (Å²) >= 11 is 1.27. The van der Waals surface area contributed by atoms with E-state index in [-0.39, 0.29) is 28.8 Å². The van der Waals surface area contributed by atoms with E-state index in [2.05, 4.69) is 15.3 Å². The van der Waals surface area contributed by atoms with E-state index in [1.807, 2.05) is 35.7 Å². The quantitative estimate of drug-likeness (QED) is 0.506. The third-order valence-corrected chi connectivity index (χ3v) is 7.27. The highest BCUT2D eigenvalue weighted by atomic mass is 32.2. The fourth-order valence-electron chi connectivity index (χ4n) is 3.45. The van der Waals surface area contributed by atoms with Gasteiger partial charge in [0.25, 0.3) is 5.91 Å². The van der Waals surface area contributed by atoms with Gasteiger partial charge in [0.05, 0.1) is 11.4 Å². The summed E-state index contributed by atoms with van der Waals surface area (Å²) in [6.07, 6.45) is 0. The van der Waals surface area contributed by atoms with E-state index in [1.165, 1.54) is 40.2 Å². The summed E-state index contributed by atoms with van der Waals surface area (Å²) in [5.41, 5.74) is 2.39. The standard InChI is InChI=1S/C21H15FN4O3S2/c22-15-8-6-14(7-9-15)17-18(26-10-11-31(28,29)21(26)24-17)19(27)25-20-23-16(12-30-20)13-4-2-1-3-5-13/h1-9,12H,10-11H2,(H,23,25,27). The second-order valence-corrected chi connectivity index (χ2v) is 9.79. The second kappa shape index (κ2) is 7.40. The number of carbonyl (C=O) groups excluding carboxylic acids is 1. The van der Waals surface area contributed by atoms with E-state index in [9.17, 15) is 17.6 Å². The minimum Gasteiger partial charge on any atom is -0.309 e. The Morgan fingerprint density at radius 3 is 2.52 bits per heavy atom. The van der Waals surface area contributed by atoms with E-state index in [4.69, 9.17) is 0 Å². The molecule has 0 saturated heterocycles. The minimum absolute atomic E-state index is 0.110. The zero-order valence-corrected chi connectivity index (χ0v) is 17.6. The fourth-order valence-corrected chi connectivity index (χ4v) is 5.52. The van der Waals surface area contributed by atoms with Crippen LogP contribution in [-0.4, -0.2) is 34.6 Å². The van der Waals surface area contributed by atoms with E-state index < -0.39 is 21.6 Å². The van der Waals surface area contributed by atoms with E-state index >= 15 is 0 Å². The number of nitrogens with zero attached hydrogens (tertiary/aromatic N) is 3. The predicted molar refractivity (Wildman–Crippen MR) is 115 cm³/mol. The topological polar surface area (TPSA) is 93.9 Å². The molecule has 0 spiro atoms. The molecule has 0 radical (unpaired) electrons. The maximum absolute atomic E-state index is 13.4. The molecular formula is C21H15FN4O3S2. The van der Waals surface area contributed by atoms with Gasteiger partial charge < -0.3 is 4.57 Å². The molecule has 2 aromatic carbocycles. The SMILES string of the molecule is O=C(Nc1nc(-c2ccccc2)cs1)c1c(-c2ccc(F)cc2)nc2n1CCS2(=O)=O. The van der Waals surface area contributed by atoms with Crippen LogP contribution in [0.15, 0.2) is 65.1 Å². The Balaban J connectivity index is 1.53. The number of hydrogen-bond acceptors (Lipinski definition) is 6. The van der Waals surface area contributed by atoms with Crippen molar-refractivity contribution in [2.75, 3.05) is 11.1 Å². The Hall–Kier alpha value is -3.37. The first-order valence-corrected chi connectivity index (χ1v) is 11.9. The van der Waals surface area contributed by atoms with Crippen LogP contribution in [0.3, 0.4) is 0 Å². The molecule has 4 aromatic rings. The molecule has 0 atom stereocenters. The molecule has 1 aliphatic rings. The normalized spacial score (nSPS) is 14.4. The van der Waals surface area contributed by atoms with Crippen LogP contribution in [-0.2, 0) is 16.4 Å². The maximum atomic E-state index is 13.4. The zero-order valence-electron chi connectivity index (χ0n) is 15.9. The smallest absolute Gasteiger partial charge is 0.276 e. The van der Waals surface area contributed by atoms with Crippen LogP contribution < -0.4 is 5.32 Å². The van der Waals surface area contributed by atoms with Crippen molar-refractivity contribution < 1.29 is 17.6 Å². The van der Waals surface area contributed by atoms with Crippen LogP contribution in [0.4, 0.5) is 9.52 Å². The van der Waals surface area contributed by atoms with Gasteiger partial charge in [-0.25, -0.2) is 22.8 Å². The number of fused-ring (bicyclic) bond motifs is 1. The monoisotopic (exact) mass is 454 g/mol. The third kappa shape index (κ3) is 3.53. The number of thiazole rings is 1.